The summed E-state index contributed by atoms with van der Waals surface area (Å²) in [4.78, 5) is 16.5. The average Bonchev–Trinajstić information content (AvgIpc) is 2.82. The number of nitrogens with one attached hydrogen (secondary N) is 1. The maximum Gasteiger partial charge on any atom is 0.324 e. The van der Waals surface area contributed by atoms with E-state index in [1.807, 2.05) is 31.2 Å². The number of ether oxygens (including phenoxy) is 1. The molecule has 2 aromatic rings. The number of aromatic nitrogens is 2. The standard InChI is InChI=1S/C15H21N3O2/c1-4-14-17-11-8-6-7-9-13(11)18(14)10-12(16-3)15(19)20-5-2/h6-9,12,16H,4-5,10H2,1-3H3. The van der Waals surface area contributed by atoms with Crippen LogP contribution in [0.25, 0.3) is 11.0 Å². The van der Waals surface area contributed by atoms with Gasteiger partial charge >= 0.3 is 5.97 Å². The minimum atomic E-state index is -0.363. The summed E-state index contributed by atoms with van der Waals surface area (Å²) in [6.07, 6.45) is 0.827. The zero-order valence-electron chi connectivity index (χ0n) is 12.2. The quantitative estimate of drug-likeness (QED) is 0.816. The van der Waals surface area contributed by atoms with Crippen LogP contribution in [0.4, 0.5) is 0 Å². The third kappa shape index (κ3) is 2.82. The zero-order valence-corrected chi connectivity index (χ0v) is 12.2. The molecular weight excluding hydrogens is 254 g/mol. The minimum absolute atomic E-state index is 0.227. The van der Waals surface area contributed by atoms with Gasteiger partial charge in [-0.15, -0.1) is 0 Å². The number of carbonyl (C=O) groups is 1. The number of rotatable bonds is 6. The Balaban J connectivity index is 2.33. The van der Waals surface area contributed by atoms with Gasteiger partial charge in [0.15, 0.2) is 0 Å². The lowest BCUT2D eigenvalue weighted by Crippen LogP contribution is -2.39. The molecule has 0 saturated heterocycles. The monoisotopic (exact) mass is 275 g/mol. The minimum Gasteiger partial charge on any atom is -0.465 e. The number of carbonyl (C=O) groups excluding carboxylic acids is 1. The molecular formula is C15H21N3O2. The molecule has 1 heterocycles. The molecule has 1 aromatic carbocycles. The normalized spacial score (nSPS) is 12.6. The molecule has 5 heteroatoms. The van der Waals surface area contributed by atoms with E-state index in [2.05, 4.69) is 21.8 Å². The van der Waals surface area contributed by atoms with Gasteiger partial charge in [-0.1, -0.05) is 19.1 Å². The Hall–Kier alpha value is -1.88. The first kappa shape index (κ1) is 14.5. The fraction of sp³-hybridized carbons (Fsp3) is 0.467. The maximum atomic E-state index is 11.9. The first-order valence-corrected chi connectivity index (χ1v) is 6.99. The molecule has 0 aliphatic rings. The van der Waals surface area contributed by atoms with Gasteiger partial charge in [0.25, 0.3) is 0 Å². The van der Waals surface area contributed by atoms with Gasteiger partial charge in [0.2, 0.25) is 0 Å². The number of para-hydroxylation sites is 2. The number of imidazole rings is 1. The van der Waals surface area contributed by atoms with Crippen LogP contribution in [0.2, 0.25) is 0 Å². The van der Waals surface area contributed by atoms with Crippen molar-refractivity contribution in [3.05, 3.63) is 30.1 Å². The number of likely N-dealkylation sites (N-methyl/N-ethyl adjacent to an activating group) is 1. The summed E-state index contributed by atoms with van der Waals surface area (Å²) in [5, 5.41) is 3.02. The zero-order chi connectivity index (χ0) is 14.5. The summed E-state index contributed by atoms with van der Waals surface area (Å²) in [5.74, 6) is 0.755. The number of hydrogen-bond donors (Lipinski definition) is 1. The molecule has 108 valence electrons. The van der Waals surface area contributed by atoms with Crippen molar-refractivity contribution in [3.63, 3.8) is 0 Å². The fourth-order valence-corrected chi connectivity index (χ4v) is 2.31. The highest BCUT2D eigenvalue weighted by atomic mass is 16.5. The van der Waals surface area contributed by atoms with Crippen LogP contribution in [0, 0.1) is 0 Å². The van der Waals surface area contributed by atoms with Gasteiger partial charge in [0.05, 0.1) is 24.2 Å². The molecule has 0 aliphatic heterocycles. The van der Waals surface area contributed by atoms with Crippen LogP contribution in [-0.2, 0) is 22.5 Å². The topological polar surface area (TPSA) is 56.2 Å². The van der Waals surface area contributed by atoms with Gasteiger partial charge in [0.1, 0.15) is 11.9 Å². The SMILES string of the molecule is CCOC(=O)C(Cn1c(CC)nc2ccccc21)NC. The summed E-state index contributed by atoms with van der Waals surface area (Å²) < 4.78 is 7.18. The molecule has 1 aromatic heterocycles. The number of benzene rings is 1. The van der Waals surface area contributed by atoms with Gasteiger partial charge in [-0.3, -0.25) is 4.79 Å². The number of hydrogen-bond acceptors (Lipinski definition) is 4. The van der Waals surface area contributed by atoms with E-state index in [9.17, 15) is 4.79 Å². The summed E-state index contributed by atoms with van der Waals surface area (Å²) in [6, 6.07) is 7.61. The van der Waals surface area contributed by atoms with Crippen molar-refractivity contribution in [2.24, 2.45) is 0 Å². The lowest BCUT2D eigenvalue weighted by atomic mass is 10.2. The van der Waals surface area contributed by atoms with E-state index in [4.69, 9.17) is 4.74 Å². The molecule has 0 amide bonds. The molecule has 0 aliphatic carbocycles. The van der Waals surface area contributed by atoms with Crippen molar-refractivity contribution < 1.29 is 9.53 Å². The fourth-order valence-electron chi connectivity index (χ4n) is 2.31. The second-order valence-corrected chi connectivity index (χ2v) is 4.57. The van der Waals surface area contributed by atoms with Crippen molar-refractivity contribution in [2.45, 2.75) is 32.9 Å². The Morgan fingerprint density at radius 1 is 1.40 bits per heavy atom. The van der Waals surface area contributed by atoms with E-state index >= 15 is 0 Å². The summed E-state index contributed by atoms with van der Waals surface area (Å²) in [7, 11) is 1.77. The first-order valence-electron chi connectivity index (χ1n) is 6.99. The molecule has 5 nitrogen and oxygen atoms in total. The Bertz CT molecular complexity index is 592. The lowest BCUT2D eigenvalue weighted by Gasteiger charge is -2.17. The molecule has 0 saturated carbocycles. The lowest BCUT2D eigenvalue weighted by molar-refractivity contribution is -0.145. The molecule has 0 spiro atoms. The molecule has 0 radical (unpaired) electrons. The third-order valence-corrected chi connectivity index (χ3v) is 3.33. The van der Waals surface area contributed by atoms with Gasteiger partial charge in [0, 0.05) is 6.42 Å². The highest BCUT2D eigenvalue weighted by Crippen LogP contribution is 2.17. The van der Waals surface area contributed by atoms with E-state index in [1.165, 1.54) is 0 Å². The van der Waals surface area contributed by atoms with Crippen LogP contribution in [-0.4, -0.2) is 35.2 Å². The number of fused-ring (bicyclic) bond motifs is 1. The van der Waals surface area contributed by atoms with E-state index < -0.39 is 0 Å². The Kier molecular flexibility index (Phi) is 4.74. The van der Waals surface area contributed by atoms with Crippen molar-refractivity contribution in [3.8, 4) is 0 Å². The van der Waals surface area contributed by atoms with Crippen LogP contribution >= 0.6 is 0 Å². The largest absolute Gasteiger partial charge is 0.465 e. The van der Waals surface area contributed by atoms with E-state index in [1.54, 1.807) is 7.05 Å². The maximum absolute atomic E-state index is 11.9. The molecule has 1 unspecified atom stereocenters. The highest BCUT2D eigenvalue weighted by Gasteiger charge is 2.20. The predicted octanol–water partition coefficient (Wildman–Crippen LogP) is 1.75. The van der Waals surface area contributed by atoms with E-state index in [0.29, 0.717) is 13.2 Å². The molecule has 0 fully saturated rings. The van der Waals surface area contributed by atoms with Gasteiger partial charge in [-0.05, 0) is 26.1 Å². The summed E-state index contributed by atoms with van der Waals surface area (Å²) >= 11 is 0. The second kappa shape index (κ2) is 6.52. The van der Waals surface area contributed by atoms with Crippen LogP contribution in [0.15, 0.2) is 24.3 Å². The Morgan fingerprint density at radius 3 is 2.80 bits per heavy atom. The molecule has 1 N–H and O–H groups in total. The number of aryl methyl sites for hydroxylation is 1. The molecule has 2 rings (SSSR count). The molecule has 0 bridgehead atoms. The highest BCUT2D eigenvalue weighted by molar-refractivity contribution is 5.78. The van der Waals surface area contributed by atoms with Crippen LogP contribution < -0.4 is 5.32 Å². The van der Waals surface area contributed by atoms with Gasteiger partial charge < -0.3 is 14.6 Å². The van der Waals surface area contributed by atoms with E-state index in [-0.39, 0.29) is 12.0 Å². The average molecular weight is 275 g/mol. The Morgan fingerprint density at radius 2 is 2.15 bits per heavy atom. The summed E-state index contributed by atoms with van der Waals surface area (Å²) in [5.41, 5.74) is 2.01. The predicted molar refractivity (Wildman–Crippen MR) is 78.6 cm³/mol. The van der Waals surface area contributed by atoms with Crippen molar-refractivity contribution in [1.29, 1.82) is 0 Å². The van der Waals surface area contributed by atoms with Gasteiger partial charge in [-0.2, -0.15) is 0 Å². The number of nitrogens with zero attached hydrogens (tertiary/aromatic N) is 2. The van der Waals surface area contributed by atoms with Gasteiger partial charge in [-0.25, -0.2) is 4.98 Å². The van der Waals surface area contributed by atoms with Crippen LogP contribution in [0.5, 0.6) is 0 Å². The Labute approximate surface area is 118 Å². The van der Waals surface area contributed by atoms with Crippen LogP contribution in [0.1, 0.15) is 19.7 Å². The van der Waals surface area contributed by atoms with Crippen LogP contribution in [0.3, 0.4) is 0 Å². The summed E-state index contributed by atoms with van der Waals surface area (Å²) in [6.45, 7) is 4.80. The van der Waals surface area contributed by atoms with Crippen molar-refractivity contribution in [1.82, 2.24) is 14.9 Å². The molecule has 20 heavy (non-hydrogen) atoms. The van der Waals surface area contributed by atoms with Crippen molar-refractivity contribution >= 4 is 17.0 Å². The van der Waals surface area contributed by atoms with Crippen molar-refractivity contribution in [2.75, 3.05) is 13.7 Å². The van der Waals surface area contributed by atoms with E-state index in [0.717, 1.165) is 23.3 Å². The second-order valence-electron chi connectivity index (χ2n) is 4.57. The third-order valence-electron chi connectivity index (χ3n) is 3.33. The number of esters is 1. The smallest absolute Gasteiger partial charge is 0.324 e. The first-order chi connectivity index (χ1) is 9.71. The molecule has 1 atom stereocenters.